The summed E-state index contributed by atoms with van der Waals surface area (Å²) in [6, 6.07) is -0.157. The topological polar surface area (TPSA) is 87.7 Å². The van der Waals surface area contributed by atoms with Gasteiger partial charge in [0.15, 0.2) is 0 Å². The molecule has 2 rings (SSSR count). The Balaban J connectivity index is 1.70. The molecule has 0 spiro atoms. The van der Waals surface area contributed by atoms with Gasteiger partial charge < -0.3 is 20.5 Å². The van der Waals surface area contributed by atoms with Crippen molar-refractivity contribution in [2.45, 2.75) is 44.8 Å². The molecule has 2 atom stereocenters. The monoisotopic (exact) mass is 256 g/mol. The average Bonchev–Trinajstić information content (AvgIpc) is 3.07. The lowest BCUT2D eigenvalue weighted by atomic mass is 10.0. The summed E-state index contributed by atoms with van der Waals surface area (Å²) in [5, 5.41) is 14.5. The number of carbonyl (C=O) groups excluding carboxylic acids is 1. The van der Waals surface area contributed by atoms with Crippen LogP contribution in [0.1, 0.15) is 32.6 Å². The number of rotatable bonds is 4. The highest BCUT2D eigenvalue weighted by molar-refractivity contribution is 5.80. The van der Waals surface area contributed by atoms with E-state index in [2.05, 4.69) is 10.6 Å². The first-order valence-electron chi connectivity index (χ1n) is 6.41. The second-order valence-electron chi connectivity index (χ2n) is 5.32. The van der Waals surface area contributed by atoms with E-state index in [1.807, 2.05) is 6.92 Å². The van der Waals surface area contributed by atoms with E-state index in [0.29, 0.717) is 19.4 Å². The molecule has 6 nitrogen and oxygen atoms in total. The number of hydrogen-bond acceptors (Lipinski definition) is 3. The smallest absolute Gasteiger partial charge is 0.315 e. The van der Waals surface area contributed by atoms with Gasteiger partial charge in [-0.25, -0.2) is 4.79 Å². The van der Waals surface area contributed by atoms with Gasteiger partial charge in [-0.15, -0.1) is 0 Å². The molecule has 1 aliphatic carbocycles. The van der Waals surface area contributed by atoms with Crippen LogP contribution in [0, 0.1) is 5.41 Å². The van der Waals surface area contributed by atoms with Gasteiger partial charge >= 0.3 is 12.0 Å². The third-order valence-corrected chi connectivity index (χ3v) is 3.71. The highest BCUT2D eigenvalue weighted by atomic mass is 16.5. The molecule has 0 aromatic carbocycles. The van der Waals surface area contributed by atoms with Gasteiger partial charge in [0.2, 0.25) is 0 Å². The van der Waals surface area contributed by atoms with E-state index in [-0.39, 0.29) is 24.7 Å². The summed E-state index contributed by atoms with van der Waals surface area (Å²) in [4.78, 5) is 22.6. The van der Waals surface area contributed by atoms with Crippen LogP contribution in [0.15, 0.2) is 0 Å². The molecule has 18 heavy (non-hydrogen) atoms. The van der Waals surface area contributed by atoms with Gasteiger partial charge in [-0.2, -0.15) is 0 Å². The molecular formula is C12H20N2O4. The van der Waals surface area contributed by atoms with Gasteiger partial charge in [-0.1, -0.05) is 0 Å². The second kappa shape index (κ2) is 5.14. The fraction of sp³-hybridized carbons (Fsp3) is 0.833. The average molecular weight is 256 g/mol. The van der Waals surface area contributed by atoms with Crippen LogP contribution in [0.4, 0.5) is 4.79 Å². The molecule has 1 saturated carbocycles. The molecule has 2 unspecified atom stereocenters. The highest BCUT2D eigenvalue weighted by Crippen LogP contribution is 2.45. The van der Waals surface area contributed by atoms with Crippen molar-refractivity contribution in [3.8, 4) is 0 Å². The number of amides is 2. The van der Waals surface area contributed by atoms with Crippen LogP contribution in [-0.2, 0) is 9.53 Å². The number of aliphatic carboxylic acids is 1. The SMILES string of the molecule is CC1CC(NC(=O)NCC2(C(=O)O)CC2)CCO1. The molecule has 0 radical (unpaired) electrons. The summed E-state index contributed by atoms with van der Waals surface area (Å²) >= 11 is 0. The molecule has 0 bridgehead atoms. The maximum absolute atomic E-state index is 11.7. The summed E-state index contributed by atoms with van der Waals surface area (Å²) in [7, 11) is 0. The Morgan fingerprint density at radius 1 is 1.44 bits per heavy atom. The first-order valence-corrected chi connectivity index (χ1v) is 6.41. The molecule has 1 heterocycles. The van der Waals surface area contributed by atoms with Crippen molar-refractivity contribution < 1.29 is 19.4 Å². The Bertz CT molecular complexity index is 341. The standard InChI is InChI=1S/C12H20N2O4/c1-8-6-9(2-5-18-8)14-11(17)13-7-12(3-4-12)10(15)16/h8-9H,2-7H2,1H3,(H,15,16)(H2,13,14,17). The van der Waals surface area contributed by atoms with Crippen LogP contribution in [-0.4, -0.2) is 42.4 Å². The zero-order valence-corrected chi connectivity index (χ0v) is 10.6. The highest BCUT2D eigenvalue weighted by Gasteiger charge is 2.50. The van der Waals surface area contributed by atoms with Crippen molar-refractivity contribution >= 4 is 12.0 Å². The van der Waals surface area contributed by atoms with Gasteiger partial charge in [0.25, 0.3) is 0 Å². The fourth-order valence-corrected chi connectivity index (χ4v) is 2.23. The molecule has 6 heteroatoms. The van der Waals surface area contributed by atoms with Crippen molar-refractivity contribution in [2.75, 3.05) is 13.2 Å². The first kappa shape index (κ1) is 13.1. The number of ether oxygens (including phenoxy) is 1. The molecule has 0 aromatic heterocycles. The molecule has 1 aliphatic heterocycles. The maximum atomic E-state index is 11.7. The third-order valence-electron chi connectivity index (χ3n) is 3.71. The number of carboxylic acid groups (broad SMARTS) is 1. The van der Waals surface area contributed by atoms with E-state index in [1.54, 1.807) is 0 Å². The van der Waals surface area contributed by atoms with Crippen LogP contribution in [0.2, 0.25) is 0 Å². The molecule has 2 aliphatic rings. The Morgan fingerprint density at radius 2 is 2.17 bits per heavy atom. The van der Waals surface area contributed by atoms with Gasteiger partial charge in [0.1, 0.15) is 0 Å². The Morgan fingerprint density at radius 3 is 2.72 bits per heavy atom. The van der Waals surface area contributed by atoms with Crippen LogP contribution < -0.4 is 10.6 Å². The molecule has 3 N–H and O–H groups in total. The van der Waals surface area contributed by atoms with E-state index >= 15 is 0 Å². The summed E-state index contributed by atoms with van der Waals surface area (Å²) in [6.45, 7) is 2.85. The van der Waals surface area contributed by atoms with Crippen molar-refractivity contribution in [1.82, 2.24) is 10.6 Å². The van der Waals surface area contributed by atoms with Gasteiger partial charge in [-0.05, 0) is 32.6 Å². The Kier molecular flexibility index (Phi) is 3.75. The van der Waals surface area contributed by atoms with E-state index in [9.17, 15) is 9.59 Å². The number of carbonyl (C=O) groups is 2. The minimum atomic E-state index is -0.817. The summed E-state index contributed by atoms with van der Waals surface area (Å²) in [5.41, 5.74) is -0.708. The molecule has 0 aromatic rings. The largest absolute Gasteiger partial charge is 0.481 e. The third kappa shape index (κ3) is 3.13. The molecule has 2 fully saturated rings. The quantitative estimate of drug-likeness (QED) is 0.691. The number of nitrogens with one attached hydrogen (secondary N) is 2. The minimum absolute atomic E-state index is 0.119. The summed E-state index contributed by atoms with van der Waals surface area (Å²) in [6.07, 6.45) is 3.07. The lowest BCUT2D eigenvalue weighted by Gasteiger charge is -2.28. The molecule has 102 valence electrons. The molecule has 1 saturated heterocycles. The Hall–Kier alpha value is -1.30. The van der Waals surface area contributed by atoms with E-state index in [0.717, 1.165) is 12.8 Å². The van der Waals surface area contributed by atoms with Crippen LogP contribution in [0.5, 0.6) is 0 Å². The molecular weight excluding hydrogens is 236 g/mol. The van der Waals surface area contributed by atoms with Crippen molar-refractivity contribution in [2.24, 2.45) is 5.41 Å². The van der Waals surface area contributed by atoms with Gasteiger partial charge in [0.05, 0.1) is 11.5 Å². The predicted octanol–water partition coefficient (Wildman–Crippen LogP) is 0.718. The molecule has 2 amide bonds. The predicted molar refractivity (Wildman–Crippen MR) is 64.3 cm³/mol. The summed E-state index contributed by atoms with van der Waals surface area (Å²) in [5.74, 6) is -0.817. The maximum Gasteiger partial charge on any atom is 0.315 e. The van der Waals surface area contributed by atoms with Crippen LogP contribution in [0.3, 0.4) is 0 Å². The van der Waals surface area contributed by atoms with E-state index in [4.69, 9.17) is 9.84 Å². The zero-order chi connectivity index (χ0) is 13.2. The number of urea groups is 1. The van der Waals surface area contributed by atoms with Crippen molar-refractivity contribution in [1.29, 1.82) is 0 Å². The lowest BCUT2D eigenvalue weighted by molar-refractivity contribution is -0.143. The normalized spacial score (nSPS) is 29.4. The Labute approximate surface area is 106 Å². The van der Waals surface area contributed by atoms with E-state index in [1.165, 1.54) is 0 Å². The number of carboxylic acids is 1. The van der Waals surface area contributed by atoms with Gasteiger partial charge in [0, 0.05) is 19.2 Å². The van der Waals surface area contributed by atoms with Gasteiger partial charge in [-0.3, -0.25) is 4.79 Å². The zero-order valence-electron chi connectivity index (χ0n) is 10.6. The minimum Gasteiger partial charge on any atom is -0.481 e. The lowest BCUT2D eigenvalue weighted by Crippen LogP contribution is -2.47. The van der Waals surface area contributed by atoms with E-state index < -0.39 is 11.4 Å². The van der Waals surface area contributed by atoms with Crippen molar-refractivity contribution in [3.63, 3.8) is 0 Å². The first-order chi connectivity index (χ1) is 8.52. The van der Waals surface area contributed by atoms with Crippen LogP contribution in [0.25, 0.3) is 0 Å². The number of hydrogen-bond donors (Lipinski definition) is 3. The second-order valence-corrected chi connectivity index (χ2v) is 5.32. The fourth-order valence-electron chi connectivity index (χ4n) is 2.23. The van der Waals surface area contributed by atoms with Crippen molar-refractivity contribution in [3.05, 3.63) is 0 Å². The van der Waals surface area contributed by atoms with Crippen LogP contribution >= 0.6 is 0 Å². The summed E-state index contributed by atoms with van der Waals surface area (Å²) < 4.78 is 5.40.